The first-order valence-corrected chi connectivity index (χ1v) is 31.9. The molecule has 0 bridgehead atoms. The van der Waals surface area contributed by atoms with E-state index in [-0.39, 0.29) is 10.8 Å². The predicted molar refractivity (Wildman–Crippen MR) is 376 cm³/mol. The average molecular weight is 1160 g/mol. The van der Waals surface area contributed by atoms with Gasteiger partial charge in [0.2, 0.25) is 0 Å². The minimum Gasteiger partial charge on any atom is -0.310 e. The third-order valence-corrected chi connectivity index (χ3v) is 20.8. The Hall–Kier alpha value is -10.2. The Labute approximate surface area is 528 Å². The molecule has 0 aromatic heterocycles. The van der Waals surface area contributed by atoms with Crippen LogP contribution in [0.15, 0.2) is 319 Å². The number of allylic oxidation sites excluding steroid dienone is 5. The molecule has 1 heterocycles. The number of hydrogen-bond acceptors (Lipinski definition) is 3. The molecule has 16 rings (SSSR count). The Morgan fingerprint density at radius 1 is 0.348 bits per heavy atom. The van der Waals surface area contributed by atoms with Gasteiger partial charge < -0.3 is 9.80 Å². The molecule has 0 fully saturated rings. The van der Waals surface area contributed by atoms with Crippen LogP contribution in [-0.2, 0) is 16.2 Å². The summed E-state index contributed by atoms with van der Waals surface area (Å²) < 4.78 is 0. The maximum atomic E-state index is 4.39. The predicted octanol–water partition coefficient (Wildman–Crippen LogP) is 23.6. The summed E-state index contributed by atoms with van der Waals surface area (Å²) in [7, 11) is 0. The van der Waals surface area contributed by atoms with Gasteiger partial charge in [0.05, 0.1) is 11.1 Å². The topological polar surface area (TPSA) is 6.48 Å². The summed E-state index contributed by atoms with van der Waals surface area (Å²) >= 11 is 1.89. The van der Waals surface area contributed by atoms with Gasteiger partial charge >= 0.3 is 0 Å². The van der Waals surface area contributed by atoms with Gasteiger partial charge in [0.1, 0.15) is 0 Å². The zero-order valence-electron chi connectivity index (χ0n) is 50.8. The minimum absolute atomic E-state index is 0.160. The second-order valence-electron chi connectivity index (χ2n) is 25.1. The fourth-order valence-corrected chi connectivity index (χ4v) is 16.7. The van der Waals surface area contributed by atoms with Crippen LogP contribution in [0.2, 0.25) is 0 Å². The third-order valence-electron chi connectivity index (χ3n) is 19.7. The highest BCUT2D eigenvalue weighted by molar-refractivity contribution is 7.99. The van der Waals surface area contributed by atoms with Crippen molar-refractivity contribution in [1.29, 1.82) is 0 Å². The van der Waals surface area contributed by atoms with Gasteiger partial charge in [-0.15, -0.1) is 0 Å². The lowest BCUT2D eigenvalue weighted by molar-refractivity contribution is 0.654. The number of nitrogens with zero attached hydrogens (tertiary/aromatic N) is 2. The molecule has 426 valence electrons. The van der Waals surface area contributed by atoms with Gasteiger partial charge in [-0.3, -0.25) is 0 Å². The molecule has 1 aliphatic heterocycles. The molecule has 0 saturated carbocycles. The van der Waals surface area contributed by atoms with Crippen molar-refractivity contribution in [3.05, 3.63) is 354 Å². The number of rotatable bonds is 11. The van der Waals surface area contributed by atoms with Crippen molar-refractivity contribution < 1.29 is 0 Å². The van der Waals surface area contributed by atoms with Crippen LogP contribution < -0.4 is 9.80 Å². The zero-order valence-corrected chi connectivity index (χ0v) is 51.6. The Kier molecular flexibility index (Phi) is 12.8. The lowest BCUT2D eigenvalue weighted by atomic mass is 9.66. The maximum Gasteiger partial charge on any atom is 0.0756 e. The summed E-state index contributed by atoms with van der Waals surface area (Å²) in [5.74, 6) is 0. The molecule has 0 N–H and O–H groups in total. The number of fused-ring (bicyclic) bond motifs is 13. The second kappa shape index (κ2) is 21.0. The van der Waals surface area contributed by atoms with Crippen molar-refractivity contribution in [2.24, 2.45) is 0 Å². The van der Waals surface area contributed by atoms with Crippen LogP contribution in [0.1, 0.15) is 79.1 Å². The van der Waals surface area contributed by atoms with E-state index in [4.69, 9.17) is 0 Å². The number of benzene rings is 12. The van der Waals surface area contributed by atoms with E-state index in [1.165, 1.54) is 116 Å². The fraction of sp³-hybridized carbons (Fsp3) is 0.0930. The van der Waals surface area contributed by atoms with Gasteiger partial charge in [-0.25, -0.2) is 0 Å². The van der Waals surface area contributed by atoms with E-state index in [9.17, 15) is 0 Å². The van der Waals surface area contributed by atoms with Crippen LogP contribution in [0.3, 0.4) is 0 Å². The first-order valence-electron chi connectivity index (χ1n) is 31.1. The smallest absolute Gasteiger partial charge is 0.0756 e. The SMILES string of the molecule is C=CC1=C(/C=C\C)c2ccc(N(c3ccc(-c4ccccc4)cc3)c3ccc(-c4ccc(N(c5ccc(-c6ccccc6)cc5)c5ccc6c(c5)C(C)(C)c5ccccc5-6)cc4)c4c3C3(c5ccccc5Sc5ccccc53)c3ccccc3-4)cc2C1(C)C. The largest absolute Gasteiger partial charge is 0.310 e. The molecule has 0 radical (unpaired) electrons. The summed E-state index contributed by atoms with van der Waals surface area (Å²) in [4.78, 5) is 7.54. The fourth-order valence-electron chi connectivity index (χ4n) is 15.5. The van der Waals surface area contributed by atoms with Gasteiger partial charge in [-0.2, -0.15) is 0 Å². The monoisotopic (exact) mass is 1160 g/mol. The van der Waals surface area contributed by atoms with Crippen LogP contribution in [-0.4, -0.2) is 0 Å². The van der Waals surface area contributed by atoms with Crippen LogP contribution >= 0.6 is 11.8 Å². The van der Waals surface area contributed by atoms with E-state index >= 15 is 0 Å². The number of hydrogen-bond donors (Lipinski definition) is 0. The molecule has 0 atom stereocenters. The van der Waals surface area contributed by atoms with Gasteiger partial charge in [0, 0.05) is 54.6 Å². The van der Waals surface area contributed by atoms with Crippen LogP contribution in [0, 0.1) is 0 Å². The molecule has 3 aliphatic carbocycles. The normalized spacial score (nSPS) is 14.8. The maximum absolute atomic E-state index is 4.39. The molecule has 4 aliphatic rings. The molecule has 12 aromatic carbocycles. The molecular formula is C86H66N2S. The summed E-state index contributed by atoms with van der Waals surface area (Å²) in [6.45, 7) is 15.9. The summed E-state index contributed by atoms with van der Waals surface area (Å²) in [5.41, 5.74) is 30.6. The molecule has 0 unspecified atom stereocenters. The van der Waals surface area contributed by atoms with Gasteiger partial charge in [-0.05, 0) is 192 Å². The summed E-state index contributed by atoms with van der Waals surface area (Å²) in [5, 5.41) is 0. The van der Waals surface area contributed by atoms with Crippen molar-refractivity contribution in [3.63, 3.8) is 0 Å². The highest BCUT2D eigenvalue weighted by Gasteiger charge is 2.53. The van der Waals surface area contributed by atoms with Gasteiger partial charge in [0.25, 0.3) is 0 Å². The van der Waals surface area contributed by atoms with Crippen molar-refractivity contribution in [3.8, 4) is 55.6 Å². The average Bonchev–Trinajstić information content (AvgIpc) is 1.55. The molecule has 3 heteroatoms. The first-order chi connectivity index (χ1) is 43.6. The van der Waals surface area contributed by atoms with Crippen molar-refractivity contribution in [2.75, 3.05) is 9.80 Å². The summed E-state index contributed by atoms with van der Waals surface area (Å²) in [6, 6.07) is 105. The minimum atomic E-state index is -0.700. The van der Waals surface area contributed by atoms with E-state index < -0.39 is 5.41 Å². The molecular weight excluding hydrogens is 1090 g/mol. The molecule has 2 nitrogen and oxygen atoms in total. The van der Waals surface area contributed by atoms with Crippen molar-refractivity contribution in [1.82, 2.24) is 0 Å². The molecule has 12 aromatic rings. The second-order valence-corrected chi connectivity index (χ2v) is 26.2. The first kappa shape index (κ1) is 54.2. The number of anilines is 6. The third kappa shape index (κ3) is 8.32. The van der Waals surface area contributed by atoms with Crippen LogP contribution in [0.5, 0.6) is 0 Å². The molecule has 89 heavy (non-hydrogen) atoms. The van der Waals surface area contributed by atoms with Crippen LogP contribution in [0.25, 0.3) is 61.2 Å². The quantitative estimate of drug-likeness (QED) is 0.127. The van der Waals surface area contributed by atoms with Crippen LogP contribution in [0.4, 0.5) is 34.1 Å². The Bertz CT molecular complexity index is 4830. The summed E-state index contributed by atoms with van der Waals surface area (Å²) in [6.07, 6.45) is 6.48. The van der Waals surface area contributed by atoms with Crippen molar-refractivity contribution in [2.45, 2.75) is 60.7 Å². The van der Waals surface area contributed by atoms with E-state index in [1.54, 1.807) is 0 Å². The van der Waals surface area contributed by atoms with E-state index in [2.05, 4.69) is 348 Å². The highest BCUT2D eigenvalue weighted by Crippen LogP contribution is 2.67. The van der Waals surface area contributed by atoms with Gasteiger partial charge in [-0.1, -0.05) is 264 Å². The molecule has 0 amide bonds. The lowest BCUT2D eigenvalue weighted by Gasteiger charge is -2.42. The van der Waals surface area contributed by atoms with E-state index in [0.29, 0.717) is 0 Å². The lowest BCUT2D eigenvalue weighted by Crippen LogP contribution is -2.33. The Morgan fingerprint density at radius 2 is 0.775 bits per heavy atom. The standard InChI is InChI=1S/C86H66N2S/c1-7-23-67-69-51-49-65(55-77(69)84(3,4)72(67)8-2)88(63-44-38-59(39-45-63)57-26-13-10-14-27-57)79-53-52-66(82-71-29-16-18-31-74(71)86(83(79)82)75-32-19-21-34-80(75)89-81-35-22-20-33-76(81)86)60-40-46-62(47-41-60)87(61-42-36-58(37-43-61)56-24-11-9-12-25-56)64-48-50-70-68-28-15-17-30-73(68)85(5,6)78(70)54-64/h7-55H,2H2,1,3-6H3/b23-7-. The van der Waals surface area contributed by atoms with E-state index in [0.717, 1.165) is 39.7 Å². The Balaban J connectivity index is 0.930. The van der Waals surface area contributed by atoms with Crippen molar-refractivity contribution >= 4 is 51.5 Å². The van der Waals surface area contributed by atoms with E-state index in [1.807, 2.05) is 11.8 Å². The zero-order chi connectivity index (χ0) is 60.2. The Morgan fingerprint density at radius 3 is 1.35 bits per heavy atom. The highest BCUT2D eigenvalue weighted by atomic mass is 32.2. The molecule has 1 spiro atoms. The van der Waals surface area contributed by atoms with Gasteiger partial charge in [0.15, 0.2) is 0 Å². The molecule has 0 saturated heterocycles.